The molecule has 0 atom stereocenters. The third-order valence-corrected chi connectivity index (χ3v) is 10.5. The fraction of sp³-hybridized carbons (Fsp3) is 0.139. The zero-order chi connectivity index (χ0) is 32.1. The van der Waals surface area contributed by atoms with E-state index < -0.39 is 15.9 Å². The molecule has 46 heavy (non-hydrogen) atoms. The van der Waals surface area contributed by atoms with Gasteiger partial charge in [0.05, 0.1) is 4.90 Å². The van der Waals surface area contributed by atoms with Crippen LogP contribution in [0.15, 0.2) is 131 Å². The third-order valence-electron chi connectivity index (χ3n) is 7.73. The van der Waals surface area contributed by atoms with Gasteiger partial charge in [0.1, 0.15) is 12.4 Å². The van der Waals surface area contributed by atoms with Crippen molar-refractivity contribution in [2.75, 3.05) is 12.3 Å². The summed E-state index contributed by atoms with van der Waals surface area (Å²) >= 11 is 8.05. The van der Waals surface area contributed by atoms with E-state index in [1.807, 2.05) is 83.4 Å². The normalized spacial score (nSPS) is 11.8. The van der Waals surface area contributed by atoms with Crippen LogP contribution in [0.3, 0.4) is 0 Å². The minimum absolute atomic E-state index is 0.0184. The van der Waals surface area contributed by atoms with E-state index in [0.717, 1.165) is 38.0 Å². The Kier molecular flexibility index (Phi) is 9.75. The van der Waals surface area contributed by atoms with Crippen molar-refractivity contribution in [2.45, 2.75) is 29.4 Å². The number of thioether (sulfide) groups is 1. The lowest BCUT2D eigenvalue weighted by Gasteiger charge is -2.23. The van der Waals surface area contributed by atoms with E-state index >= 15 is 0 Å². The number of carbonyl (C=O) groups excluding carboxylic acids is 1. The Morgan fingerprint density at radius 2 is 1.41 bits per heavy atom. The van der Waals surface area contributed by atoms with Crippen LogP contribution in [0.1, 0.15) is 11.1 Å². The Hall–Kier alpha value is -4.15. The van der Waals surface area contributed by atoms with E-state index in [4.69, 9.17) is 11.6 Å². The standard InChI is InChI=1S/C36H31ClFN3O3S2/c37-32-13-8-14-33(38)31(32)24-40(21-22-45-27-9-2-1-3-10-27)23-26-17-19-28(20-18-26)46(43,44)39-36(42)25-41-34-15-6-4-11-29(34)30-12-5-7-16-35(30)41/h1-20H,21-25H2,(H,39,42). The zero-order valence-electron chi connectivity index (χ0n) is 24.8. The maximum Gasteiger partial charge on any atom is 0.264 e. The lowest BCUT2D eigenvalue weighted by atomic mass is 10.1. The summed E-state index contributed by atoms with van der Waals surface area (Å²) in [7, 11) is -4.12. The highest BCUT2D eigenvalue weighted by molar-refractivity contribution is 7.99. The number of fused-ring (bicyclic) bond motifs is 3. The van der Waals surface area contributed by atoms with Crippen molar-refractivity contribution in [3.8, 4) is 0 Å². The largest absolute Gasteiger partial charge is 0.331 e. The van der Waals surface area contributed by atoms with Gasteiger partial charge >= 0.3 is 0 Å². The number of hydrogen-bond donors (Lipinski definition) is 1. The second kappa shape index (κ2) is 14.1. The summed E-state index contributed by atoms with van der Waals surface area (Å²) < 4.78 is 45.2. The molecule has 6 rings (SSSR count). The Morgan fingerprint density at radius 1 is 0.783 bits per heavy atom. The number of para-hydroxylation sites is 2. The maximum atomic E-state index is 14.7. The number of benzene rings is 5. The molecule has 0 aliphatic heterocycles. The van der Waals surface area contributed by atoms with Gasteiger partial charge in [0.2, 0.25) is 0 Å². The van der Waals surface area contributed by atoms with Crippen LogP contribution < -0.4 is 4.72 Å². The second-order valence-corrected chi connectivity index (χ2v) is 14.1. The molecule has 0 spiro atoms. The van der Waals surface area contributed by atoms with Crippen molar-refractivity contribution < 1.29 is 17.6 Å². The fourth-order valence-corrected chi connectivity index (χ4v) is 7.65. The molecule has 234 valence electrons. The lowest BCUT2D eigenvalue weighted by Crippen LogP contribution is -2.33. The third kappa shape index (κ3) is 7.29. The quantitative estimate of drug-likeness (QED) is 0.134. The van der Waals surface area contributed by atoms with Gasteiger partial charge in [-0.25, -0.2) is 17.5 Å². The van der Waals surface area contributed by atoms with E-state index in [-0.39, 0.29) is 17.3 Å². The van der Waals surface area contributed by atoms with Crippen molar-refractivity contribution >= 4 is 61.1 Å². The Bertz CT molecular complexity index is 2030. The number of rotatable bonds is 12. The first kappa shape index (κ1) is 31.8. The predicted octanol–water partition coefficient (Wildman–Crippen LogP) is 7.89. The number of hydrogen-bond acceptors (Lipinski definition) is 5. The number of halogens is 2. The average molecular weight is 672 g/mol. The number of nitrogens with one attached hydrogen (secondary N) is 1. The zero-order valence-corrected chi connectivity index (χ0v) is 27.2. The van der Waals surface area contributed by atoms with Crippen LogP contribution in [-0.2, 0) is 34.5 Å². The van der Waals surface area contributed by atoms with Crippen molar-refractivity contribution in [2.24, 2.45) is 0 Å². The van der Waals surface area contributed by atoms with Gasteiger partial charge < -0.3 is 4.57 Å². The SMILES string of the molecule is O=C(Cn1c2ccccc2c2ccccc21)NS(=O)(=O)c1ccc(CN(CCSc2ccccc2)Cc2c(F)cccc2Cl)cc1. The molecule has 6 nitrogen and oxygen atoms in total. The predicted molar refractivity (Wildman–Crippen MR) is 184 cm³/mol. The Labute approximate surface area is 276 Å². The molecule has 1 heterocycles. The van der Waals surface area contributed by atoms with Gasteiger partial charge in [-0.3, -0.25) is 9.69 Å². The molecule has 6 aromatic rings. The highest BCUT2D eigenvalue weighted by atomic mass is 35.5. The molecule has 0 aliphatic carbocycles. The molecule has 5 aromatic carbocycles. The summed E-state index contributed by atoms with van der Waals surface area (Å²) in [5.74, 6) is -0.244. The molecule has 0 fully saturated rings. The number of aromatic nitrogens is 1. The van der Waals surface area contributed by atoms with Crippen molar-refractivity contribution in [1.82, 2.24) is 14.2 Å². The molecular formula is C36H31ClFN3O3S2. The summed E-state index contributed by atoms with van der Waals surface area (Å²) in [6.45, 7) is 1.23. The van der Waals surface area contributed by atoms with Gasteiger partial charge in [-0.15, -0.1) is 11.8 Å². The molecule has 0 radical (unpaired) electrons. The minimum atomic E-state index is -4.12. The topological polar surface area (TPSA) is 71.4 Å². The van der Waals surface area contributed by atoms with Crippen LogP contribution in [0.5, 0.6) is 0 Å². The summed E-state index contributed by atoms with van der Waals surface area (Å²) in [4.78, 5) is 16.3. The fourth-order valence-electron chi connectivity index (χ4n) is 5.52. The van der Waals surface area contributed by atoms with Crippen LogP contribution in [0.4, 0.5) is 4.39 Å². The minimum Gasteiger partial charge on any atom is -0.331 e. The average Bonchev–Trinajstić information content (AvgIpc) is 3.36. The first-order valence-corrected chi connectivity index (χ1v) is 17.6. The van der Waals surface area contributed by atoms with Crippen LogP contribution >= 0.6 is 23.4 Å². The summed E-state index contributed by atoms with van der Waals surface area (Å²) in [6.07, 6.45) is 0. The molecule has 1 aromatic heterocycles. The van der Waals surface area contributed by atoms with Gasteiger partial charge in [-0.2, -0.15) is 0 Å². The van der Waals surface area contributed by atoms with Crippen molar-refractivity contribution in [3.05, 3.63) is 143 Å². The van der Waals surface area contributed by atoms with Crippen LogP contribution in [-0.4, -0.2) is 36.1 Å². The first-order valence-electron chi connectivity index (χ1n) is 14.7. The van der Waals surface area contributed by atoms with Gasteiger partial charge in [-0.1, -0.05) is 84.4 Å². The van der Waals surface area contributed by atoms with E-state index in [0.29, 0.717) is 30.2 Å². The highest BCUT2D eigenvalue weighted by Gasteiger charge is 2.20. The second-order valence-electron chi connectivity index (χ2n) is 10.9. The smallest absolute Gasteiger partial charge is 0.264 e. The number of nitrogens with zero attached hydrogens (tertiary/aromatic N) is 2. The van der Waals surface area contributed by atoms with E-state index in [1.54, 1.807) is 36.0 Å². The van der Waals surface area contributed by atoms with Crippen LogP contribution in [0, 0.1) is 5.82 Å². The highest BCUT2D eigenvalue weighted by Crippen LogP contribution is 2.29. The maximum absolute atomic E-state index is 14.7. The molecule has 1 N–H and O–H groups in total. The van der Waals surface area contributed by atoms with Gasteiger partial charge in [0.25, 0.3) is 15.9 Å². The van der Waals surface area contributed by atoms with Crippen LogP contribution in [0.2, 0.25) is 5.02 Å². The molecule has 0 saturated carbocycles. The molecule has 0 saturated heterocycles. The first-order chi connectivity index (χ1) is 22.3. The van der Waals surface area contributed by atoms with Crippen LogP contribution in [0.25, 0.3) is 21.8 Å². The number of carbonyl (C=O) groups is 1. The Balaban J connectivity index is 1.15. The van der Waals surface area contributed by atoms with E-state index in [2.05, 4.69) is 9.62 Å². The summed E-state index contributed by atoms with van der Waals surface area (Å²) in [5.41, 5.74) is 2.96. The van der Waals surface area contributed by atoms with Crippen molar-refractivity contribution in [1.29, 1.82) is 0 Å². The summed E-state index contributed by atoms with van der Waals surface area (Å²) in [5, 5.41) is 2.35. The summed E-state index contributed by atoms with van der Waals surface area (Å²) in [6, 6.07) is 36.5. The number of sulfonamides is 1. The van der Waals surface area contributed by atoms with Gasteiger partial charge in [0.15, 0.2) is 0 Å². The molecule has 0 bridgehead atoms. The molecule has 0 unspecified atom stereocenters. The molecule has 10 heteroatoms. The monoisotopic (exact) mass is 671 g/mol. The lowest BCUT2D eigenvalue weighted by molar-refractivity contribution is -0.119. The van der Waals surface area contributed by atoms with E-state index in [1.165, 1.54) is 18.2 Å². The number of amides is 1. The molecule has 0 aliphatic rings. The Morgan fingerprint density at radius 3 is 2.07 bits per heavy atom. The molecule has 1 amide bonds. The van der Waals surface area contributed by atoms with Gasteiger partial charge in [-0.05, 0) is 54.1 Å². The van der Waals surface area contributed by atoms with E-state index in [9.17, 15) is 17.6 Å². The van der Waals surface area contributed by atoms with Crippen molar-refractivity contribution in [3.63, 3.8) is 0 Å². The van der Waals surface area contributed by atoms with Gasteiger partial charge in [0, 0.05) is 62.7 Å². The molecular weight excluding hydrogens is 641 g/mol.